The topological polar surface area (TPSA) is 66.4 Å². The Hall–Kier alpha value is -1.07. The minimum Gasteiger partial charge on any atom is -0.508 e. The summed E-state index contributed by atoms with van der Waals surface area (Å²) >= 11 is 0. The van der Waals surface area contributed by atoms with Crippen molar-refractivity contribution in [3.05, 3.63) is 29.3 Å². The number of phenols is 1. The first-order valence-electron chi connectivity index (χ1n) is 6.67. The van der Waals surface area contributed by atoms with Crippen LogP contribution in [0.5, 0.6) is 5.75 Å². The normalized spacial score (nSPS) is 32.4. The third-order valence-electron chi connectivity index (χ3n) is 4.23. The Bertz CT molecular complexity index is 611. The van der Waals surface area contributed by atoms with Gasteiger partial charge in [-0.3, -0.25) is 0 Å². The second kappa shape index (κ2) is 4.21. The van der Waals surface area contributed by atoms with E-state index in [1.165, 1.54) is 11.1 Å². The number of hydrogen-bond donors (Lipinski definition) is 2. The summed E-state index contributed by atoms with van der Waals surface area (Å²) in [5, 5.41) is 13.0. The number of aryl methyl sites for hydroxylation is 1. The Kier molecular flexibility index (Phi) is 2.87. The number of hydrogen-bond acceptors (Lipinski definition) is 4. The van der Waals surface area contributed by atoms with Crippen LogP contribution in [-0.2, 0) is 16.3 Å². The van der Waals surface area contributed by atoms with Gasteiger partial charge in [0.05, 0.1) is 11.5 Å². The Balaban J connectivity index is 1.80. The molecule has 5 heteroatoms. The van der Waals surface area contributed by atoms with Crippen molar-refractivity contribution in [1.29, 1.82) is 0 Å². The molecule has 1 fully saturated rings. The highest BCUT2D eigenvalue weighted by molar-refractivity contribution is 7.91. The minimum absolute atomic E-state index is 0.203. The quantitative estimate of drug-likeness (QED) is 0.863. The molecule has 3 rings (SSSR count). The van der Waals surface area contributed by atoms with Crippen LogP contribution in [0.1, 0.15) is 36.9 Å². The molecule has 0 aromatic heterocycles. The lowest BCUT2D eigenvalue weighted by atomic mass is 9.98. The lowest BCUT2D eigenvalue weighted by Gasteiger charge is -2.29. The SMILES string of the molecule is CC1(NC2CCc3cc(O)ccc32)CCS(=O)(=O)C1. The monoisotopic (exact) mass is 281 g/mol. The van der Waals surface area contributed by atoms with Gasteiger partial charge in [-0.1, -0.05) is 6.07 Å². The fourth-order valence-corrected chi connectivity index (χ4v) is 5.40. The summed E-state index contributed by atoms with van der Waals surface area (Å²) in [4.78, 5) is 0. The van der Waals surface area contributed by atoms with Crippen LogP contribution in [0.25, 0.3) is 0 Å². The minimum atomic E-state index is -2.88. The Morgan fingerprint density at radius 3 is 2.89 bits per heavy atom. The van der Waals surface area contributed by atoms with Crippen molar-refractivity contribution in [2.45, 2.75) is 37.8 Å². The van der Waals surface area contributed by atoms with Crippen LogP contribution in [0.4, 0.5) is 0 Å². The lowest BCUT2D eigenvalue weighted by molar-refractivity contribution is 0.341. The van der Waals surface area contributed by atoms with E-state index in [2.05, 4.69) is 5.32 Å². The van der Waals surface area contributed by atoms with E-state index < -0.39 is 9.84 Å². The molecule has 0 amide bonds. The van der Waals surface area contributed by atoms with Crippen LogP contribution in [-0.4, -0.2) is 30.6 Å². The van der Waals surface area contributed by atoms with Gasteiger partial charge < -0.3 is 10.4 Å². The predicted molar refractivity (Wildman–Crippen MR) is 74.0 cm³/mol. The molecule has 2 atom stereocenters. The summed E-state index contributed by atoms with van der Waals surface area (Å²) in [5.41, 5.74) is 2.05. The molecular weight excluding hydrogens is 262 g/mol. The number of phenolic OH excluding ortho intramolecular Hbond substituents is 1. The predicted octanol–water partition coefficient (Wildman–Crippen LogP) is 1.55. The van der Waals surface area contributed by atoms with Crippen LogP contribution in [0.3, 0.4) is 0 Å². The maximum atomic E-state index is 11.6. The molecule has 2 unspecified atom stereocenters. The summed E-state index contributed by atoms with van der Waals surface area (Å²) in [6.07, 6.45) is 2.58. The number of rotatable bonds is 2. The van der Waals surface area contributed by atoms with E-state index in [4.69, 9.17) is 0 Å². The highest BCUT2D eigenvalue weighted by Crippen LogP contribution is 2.36. The van der Waals surface area contributed by atoms with Crippen molar-refractivity contribution in [2.24, 2.45) is 0 Å². The van der Waals surface area contributed by atoms with E-state index >= 15 is 0 Å². The second-order valence-corrected chi connectivity index (χ2v) is 8.21. The van der Waals surface area contributed by atoms with Crippen LogP contribution in [0, 0.1) is 0 Å². The van der Waals surface area contributed by atoms with E-state index in [1.807, 2.05) is 19.1 Å². The molecule has 2 aliphatic rings. The molecule has 1 aromatic rings. The number of aromatic hydroxyl groups is 1. The standard InChI is InChI=1S/C14H19NO3S/c1-14(6-7-19(17,18)9-14)15-13-5-2-10-8-11(16)3-4-12(10)13/h3-4,8,13,15-16H,2,5-7,9H2,1H3. The van der Waals surface area contributed by atoms with E-state index in [0.29, 0.717) is 12.2 Å². The van der Waals surface area contributed by atoms with Crippen molar-refractivity contribution in [2.75, 3.05) is 11.5 Å². The maximum absolute atomic E-state index is 11.6. The third-order valence-corrected chi connectivity index (χ3v) is 6.13. The number of sulfone groups is 1. The van der Waals surface area contributed by atoms with Gasteiger partial charge in [-0.25, -0.2) is 8.42 Å². The van der Waals surface area contributed by atoms with Gasteiger partial charge in [0, 0.05) is 11.6 Å². The van der Waals surface area contributed by atoms with Gasteiger partial charge in [0.2, 0.25) is 0 Å². The summed E-state index contributed by atoms with van der Waals surface area (Å²) in [6, 6.07) is 5.66. The first-order chi connectivity index (χ1) is 8.87. The van der Waals surface area contributed by atoms with E-state index in [9.17, 15) is 13.5 Å². The van der Waals surface area contributed by atoms with Gasteiger partial charge in [0.15, 0.2) is 9.84 Å². The van der Waals surface area contributed by atoms with Crippen molar-refractivity contribution in [3.63, 3.8) is 0 Å². The highest BCUT2D eigenvalue weighted by atomic mass is 32.2. The molecule has 1 heterocycles. The van der Waals surface area contributed by atoms with Gasteiger partial charge >= 0.3 is 0 Å². The first-order valence-corrected chi connectivity index (χ1v) is 8.49. The second-order valence-electron chi connectivity index (χ2n) is 6.02. The van der Waals surface area contributed by atoms with Gasteiger partial charge in [-0.05, 0) is 49.4 Å². The van der Waals surface area contributed by atoms with Crippen molar-refractivity contribution in [1.82, 2.24) is 5.32 Å². The molecule has 1 saturated heterocycles. The largest absolute Gasteiger partial charge is 0.508 e. The van der Waals surface area contributed by atoms with E-state index in [-0.39, 0.29) is 23.1 Å². The molecule has 0 radical (unpaired) electrons. The summed E-state index contributed by atoms with van der Waals surface area (Å²) in [7, 11) is -2.88. The lowest BCUT2D eigenvalue weighted by Crippen LogP contribution is -2.44. The zero-order valence-electron chi connectivity index (χ0n) is 11.0. The van der Waals surface area contributed by atoms with Gasteiger partial charge in [0.25, 0.3) is 0 Å². The molecule has 2 N–H and O–H groups in total. The number of fused-ring (bicyclic) bond motifs is 1. The fourth-order valence-electron chi connectivity index (χ4n) is 3.30. The third kappa shape index (κ3) is 2.49. The van der Waals surface area contributed by atoms with Crippen LogP contribution in [0.2, 0.25) is 0 Å². The average molecular weight is 281 g/mol. The van der Waals surface area contributed by atoms with E-state index in [1.54, 1.807) is 6.07 Å². The molecule has 0 saturated carbocycles. The summed E-state index contributed by atoms with van der Waals surface area (Å²) in [5.74, 6) is 0.810. The van der Waals surface area contributed by atoms with Gasteiger partial charge in [-0.15, -0.1) is 0 Å². The molecule has 19 heavy (non-hydrogen) atoms. The first kappa shape index (κ1) is 12.9. The molecule has 0 spiro atoms. The van der Waals surface area contributed by atoms with Crippen LogP contribution < -0.4 is 5.32 Å². The summed E-state index contributed by atoms with van der Waals surface area (Å²) in [6.45, 7) is 2.00. The molecule has 0 bridgehead atoms. The zero-order valence-corrected chi connectivity index (χ0v) is 11.8. The number of benzene rings is 1. The maximum Gasteiger partial charge on any atom is 0.152 e. The van der Waals surface area contributed by atoms with E-state index in [0.717, 1.165) is 12.8 Å². The molecular formula is C14H19NO3S. The van der Waals surface area contributed by atoms with Crippen molar-refractivity contribution >= 4 is 9.84 Å². The van der Waals surface area contributed by atoms with Gasteiger partial charge in [-0.2, -0.15) is 0 Å². The fraction of sp³-hybridized carbons (Fsp3) is 0.571. The number of nitrogens with one attached hydrogen (secondary N) is 1. The Morgan fingerprint density at radius 1 is 1.42 bits per heavy atom. The van der Waals surface area contributed by atoms with Crippen LogP contribution in [0.15, 0.2) is 18.2 Å². The van der Waals surface area contributed by atoms with Crippen molar-refractivity contribution in [3.8, 4) is 5.75 Å². The molecule has 1 aromatic carbocycles. The van der Waals surface area contributed by atoms with Crippen molar-refractivity contribution < 1.29 is 13.5 Å². The van der Waals surface area contributed by atoms with Crippen LogP contribution >= 0.6 is 0 Å². The Labute approximate surface area is 113 Å². The highest BCUT2D eigenvalue weighted by Gasteiger charge is 2.40. The van der Waals surface area contributed by atoms with Gasteiger partial charge in [0.1, 0.15) is 5.75 Å². The summed E-state index contributed by atoms with van der Waals surface area (Å²) < 4.78 is 23.3. The zero-order chi connectivity index (χ0) is 13.7. The smallest absolute Gasteiger partial charge is 0.152 e. The Morgan fingerprint density at radius 2 is 2.21 bits per heavy atom. The molecule has 4 nitrogen and oxygen atoms in total. The molecule has 104 valence electrons. The average Bonchev–Trinajstić information content (AvgIpc) is 2.80. The molecule has 1 aliphatic carbocycles. The molecule has 1 aliphatic heterocycles.